The van der Waals surface area contributed by atoms with Crippen LogP contribution in [0.4, 0.5) is 26.3 Å². The second-order valence-electron chi connectivity index (χ2n) is 7.48. The summed E-state index contributed by atoms with van der Waals surface area (Å²) in [6.07, 6.45) is -10.0. The van der Waals surface area contributed by atoms with Crippen LogP contribution >= 0.6 is 11.6 Å². The molecule has 0 aliphatic rings. The molecule has 12 heteroatoms. The highest BCUT2D eigenvalue weighted by molar-refractivity contribution is 6.32. The smallest absolute Gasteiger partial charge is 0.479 e. The van der Waals surface area contributed by atoms with E-state index in [9.17, 15) is 31.1 Å². The molecule has 0 aliphatic carbocycles. The first-order valence-corrected chi connectivity index (χ1v) is 10.4. The van der Waals surface area contributed by atoms with E-state index in [0.717, 1.165) is 28.5 Å². The summed E-state index contributed by atoms with van der Waals surface area (Å²) in [6, 6.07) is 11.8. The first-order valence-electron chi connectivity index (χ1n) is 9.98. The molecule has 0 aromatic heterocycles. The number of nitrogens with one attached hydrogen (secondary N) is 1. The van der Waals surface area contributed by atoms with Crippen molar-refractivity contribution in [3.63, 3.8) is 0 Å². The Bertz CT molecular complexity index is 1230. The maximum Gasteiger partial charge on any atom is 0.573 e. The van der Waals surface area contributed by atoms with E-state index < -0.39 is 35.7 Å². The lowest BCUT2D eigenvalue weighted by Crippen LogP contribution is -2.23. The van der Waals surface area contributed by atoms with Crippen LogP contribution in [0, 0.1) is 0 Å². The van der Waals surface area contributed by atoms with Crippen LogP contribution in [0.5, 0.6) is 23.0 Å². The molecular weight excluding hydrogens is 504 g/mol. The Morgan fingerprint density at radius 2 is 1.63 bits per heavy atom. The SMILES string of the molecule is CC(=O)NC(C)c1ccc2cc(Oc3cc(Cl)c(OCC(F)(F)F)c(OC(F)(F)F)c3)ccc2c1. The minimum Gasteiger partial charge on any atom is -0.479 e. The zero-order valence-electron chi connectivity index (χ0n) is 18.2. The van der Waals surface area contributed by atoms with Crippen LogP contribution in [0.2, 0.25) is 5.02 Å². The molecule has 3 aromatic carbocycles. The fourth-order valence-corrected chi connectivity index (χ4v) is 3.45. The Morgan fingerprint density at radius 3 is 2.26 bits per heavy atom. The van der Waals surface area contributed by atoms with Gasteiger partial charge in [0.15, 0.2) is 18.1 Å². The lowest BCUT2D eigenvalue weighted by atomic mass is 10.0. The predicted octanol–water partition coefficient (Wildman–Crippen LogP) is 7.32. The molecule has 0 saturated carbocycles. The number of carbonyl (C=O) groups excluding carboxylic acids is 1. The summed E-state index contributed by atoms with van der Waals surface area (Å²) in [6.45, 7) is 1.37. The fourth-order valence-electron chi connectivity index (χ4n) is 3.20. The molecule has 3 aromatic rings. The summed E-state index contributed by atoms with van der Waals surface area (Å²) in [4.78, 5) is 11.3. The number of amides is 1. The van der Waals surface area contributed by atoms with Crippen LogP contribution < -0.4 is 19.5 Å². The summed E-state index contributed by atoms with van der Waals surface area (Å²) in [7, 11) is 0. The highest BCUT2D eigenvalue weighted by Gasteiger charge is 2.35. The molecule has 0 spiro atoms. The normalized spacial score (nSPS) is 12.8. The summed E-state index contributed by atoms with van der Waals surface area (Å²) in [5.74, 6) is -2.18. The van der Waals surface area contributed by atoms with Gasteiger partial charge in [-0.25, -0.2) is 0 Å². The molecule has 1 atom stereocenters. The highest BCUT2D eigenvalue weighted by Crippen LogP contribution is 2.43. The third-order valence-electron chi connectivity index (χ3n) is 4.58. The molecule has 5 nitrogen and oxygen atoms in total. The maximum absolute atomic E-state index is 12.8. The molecule has 0 saturated heterocycles. The molecule has 35 heavy (non-hydrogen) atoms. The van der Waals surface area contributed by atoms with Crippen molar-refractivity contribution in [1.82, 2.24) is 5.32 Å². The number of alkyl halides is 6. The minimum atomic E-state index is -5.21. The molecule has 0 fully saturated rings. The number of benzene rings is 3. The summed E-state index contributed by atoms with van der Waals surface area (Å²) in [5.41, 5.74) is 0.858. The van der Waals surface area contributed by atoms with Crippen LogP contribution in [-0.4, -0.2) is 25.1 Å². The lowest BCUT2D eigenvalue weighted by Gasteiger charge is -2.18. The first-order chi connectivity index (χ1) is 16.2. The average Bonchev–Trinajstić information content (AvgIpc) is 2.70. The van der Waals surface area contributed by atoms with E-state index in [1.54, 1.807) is 30.3 Å². The monoisotopic (exact) mass is 521 g/mol. The Hall–Kier alpha value is -3.34. The van der Waals surface area contributed by atoms with Crippen LogP contribution in [0.25, 0.3) is 10.8 Å². The van der Waals surface area contributed by atoms with Crippen molar-refractivity contribution in [2.24, 2.45) is 0 Å². The van der Waals surface area contributed by atoms with Crippen LogP contribution in [0.15, 0.2) is 48.5 Å². The van der Waals surface area contributed by atoms with Gasteiger partial charge in [0.05, 0.1) is 11.1 Å². The van der Waals surface area contributed by atoms with Crippen molar-refractivity contribution in [2.75, 3.05) is 6.61 Å². The zero-order chi connectivity index (χ0) is 26.0. The lowest BCUT2D eigenvalue weighted by molar-refractivity contribution is -0.275. The zero-order valence-corrected chi connectivity index (χ0v) is 18.9. The molecule has 188 valence electrons. The van der Waals surface area contributed by atoms with Gasteiger partial charge in [0.25, 0.3) is 0 Å². The summed E-state index contributed by atoms with van der Waals surface area (Å²) < 4.78 is 89.7. The van der Waals surface area contributed by atoms with Crippen LogP contribution in [-0.2, 0) is 4.79 Å². The van der Waals surface area contributed by atoms with E-state index >= 15 is 0 Å². The van der Waals surface area contributed by atoms with E-state index in [2.05, 4.69) is 14.8 Å². The molecule has 0 heterocycles. The van der Waals surface area contributed by atoms with Gasteiger partial charge in [-0.1, -0.05) is 29.8 Å². The highest BCUT2D eigenvalue weighted by atomic mass is 35.5. The van der Waals surface area contributed by atoms with E-state index in [4.69, 9.17) is 16.3 Å². The summed E-state index contributed by atoms with van der Waals surface area (Å²) >= 11 is 5.89. The van der Waals surface area contributed by atoms with E-state index in [-0.39, 0.29) is 23.4 Å². The second-order valence-corrected chi connectivity index (χ2v) is 7.88. The van der Waals surface area contributed by atoms with Gasteiger partial charge in [-0.05, 0) is 41.5 Å². The number of halogens is 7. The predicted molar refractivity (Wildman–Crippen MR) is 116 cm³/mol. The van der Waals surface area contributed by atoms with Gasteiger partial charge in [-0.3, -0.25) is 4.79 Å². The third-order valence-corrected chi connectivity index (χ3v) is 4.86. The van der Waals surface area contributed by atoms with Gasteiger partial charge in [0.2, 0.25) is 5.91 Å². The van der Waals surface area contributed by atoms with Gasteiger partial charge in [0.1, 0.15) is 11.5 Å². The topological polar surface area (TPSA) is 56.8 Å². The molecule has 0 radical (unpaired) electrons. The molecule has 1 N–H and O–H groups in total. The molecule has 3 rings (SSSR count). The number of rotatable bonds is 7. The molecule has 1 unspecified atom stereocenters. The quantitative estimate of drug-likeness (QED) is 0.331. The van der Waals surface area contributed by atoms with Gasteiger partial charge in [-0.2, -0.15) is 13.2 Å². The van der Waals surface area contributed by atoms with Crippen molar-refractivity contribution in [2.45, 2.75) is 32.4 Å². The van der Waals surface area contributed by atoms with Gasteiger partial charge >= 0.3 is 12.5 Å². The number of hydrogen-bond donors (Lipinski definition) is 1. The van der Waals surface area contributed by atoms with Crippen molar-refractivity contribution in [3.8, 4) is 23.0 Å². The number of ether oxygens (including phenoxy) is 3. The van der Waals surface area contributed by atoms with E-state index in [1.165, 1.54) is 6.92 Å². The Balaban J connectivity index is 1.89. The molecule has 0 bridgehead atoms. The standard InChI is InChI=1S/C23H18ClF6NO4/c1-12(31-13(2)32)14-3-4-16-8-17(6-5-15(16)7-14)34-18-9-19(24)21(33-11-22(25,26)27)20(10-18)35-23(28,29)30/h3-10,12H,11H2,1-2H3,(H,31,32). The Kier molecular flexibility index (Phi) is 7.59. The van der Waals surface area contributed by atoms with Crippen molar-refractivity contribution < 1.29 is 45.3 Å². The Morgan fingerprint density at radius 1 is 0.971 bits per heavy atom. The van der Waals surface area contributed by atoms with Gasteiger partial charge in [0, 0.05) is 19.1 Å². The number of hydrogen-bond acceptors (Lipinski definition) is 4. The fraction of sp³-hybridized carbons (Fsp3) is 0.261. The number of carbonyl (C=O) groups is 1. The van der Waals surface area contributed by atoms with E-state index in [1.807, 2.05) is 13.0 Å². The second kappa shape index (κ2) is 10.1. The number of fused-ring (bicyclic) bond motifs is 1. The van der Waals surface area contributed by atoms with E-state index in [0.29, 0.717) is 0 Å². The van der Waals surface area contributed by atoms with Gasteiger partial charge < -0.3 is 19.5 Å². The molecular formula is C23H18ClF6NO4. The summed E-state index contributed by atoms with van der Waals surface area (Å²) in [5, 5.41) is 3.74. The largest absolute Gasteiger partial charge is 0.573 e. The van der Waals surface area contributed by atoms with Crippen molar-refractivity contribution in [3.05, 3.63) is 59.1 Å². The first kappa shape index (κ1) is 26.3. The van der Waals surface area contributed by atoms with Crippen LogP contribution in [0.1, 0.15) is 25.5 Å². The van der Waals surface area contributed by atoms with Crippen LogP contribution in [0.3, 0.4) is 0 Å². The maximum atomic E-state index is 12.8. The average molecular weight is 522 g/mol. The van der Waals surface area contributed by atoms with Gasteiger partial charge in [-0.15, -0.1) is 13.2 Å². The third kappa shape index (κ3) is 7.57. The van der Waals surface area contributed by atoms with Crippen molar-refractivity contribution >= 4 is 28.3 Å². The van der Waals surface area contributed by atoms with Crippen molar-refractivity contribution in [1.29, 1.82) is 0 Å². The molecule has 1 amide bonds. The minimum absolute atomic E-state index is 0.177. The Labute approximate surface area is 200 Å². The molecule has 0 aliphatic heterocycles.